The molecular weight excluding hydrogens is 222 g/mol. The lowest BCUT2D eigenvalue weighted by Gasteiger charge is -2.20. The van der Waals surface area contributed by atoms with Gasteiger partial charge < -0.3 is 9.67 Å². The van der Waals surface area contributed by atoms with Crippen LogP contribution in [-0.2, 0) is 12.1 Å². The second kappa shape index (κ2) is 3.79. The molecule has 1 aromatic carbocycles. The Balaban J connectivity index is 2.83. The molecule has 0 bridgehead atoms. The Kier molecular flexibility index (Phi) is 2.72. The van der Waals surface area contributed by atoms with Gasteiger partial charge in [0, 0.05) is 11.9 Å². The van der Waals surface area contributed by atoms with Crippen molar-refractivity contribution in [2.45, 2.75) is 32.9 Å². The van der Waals surface area contributed by atoms with Gasteiger partial charge in [-0.1, -0.05) is 23.7 Å². The zero-order valence-corrected chi connectivity index (χ0v) is 10.5. The van der Waals surface area contributed by atoms with Gasteiger partial charge >= 0.3 is 0 Å². The average Bonchev–Trinajstić information content (AvgIpc) is 2.57. The zero-order chi connectivity index (χ0) is 11.9. The molecule has 0 atom stereocenters. The molecule has 2 rings (SSSR count). The number of para-hydroxylation sites is 1. The number of benzene rings is 1. The number of fused-ring (bicyclic) bond motifs is 1. The van der Waals surface area contributed by atoms with Crippen molar-refractivity contribution in [3.63, 3.8) is 0 Å². The van der Waals surface area contributed by atoms with E-state index in [1.54, 1.807) is 13.8 Å². The van der Waals surface area contributed by atoms with E-state index in [9.17, 15) is 5.11 Å². The summed E-state index contributed by atoms with van der Waals surface area (Å²) in [6.07, 6.45) is 0. The van der Waals surface area contributed by atoms with E-state index in [1.165, 1.54) is 0 Å². The van der Waals surface area contributed by atoms with Crippen molar-refractivity contribution in [2.75, 3.05) is 0 Å². The number of hydrogen-bond donors (Lipinski definition) is 1. The van der Waals surface area contributed by atoms with Gasteiger partial charge in [0.2, 0.25) is 0 Å². The van der Waals surface area contributed by atoms with E-state index >= 15 is 0 Å². The maximum Gasteiger partial charge on any atom is 0.0989 e. The van der Waals surface area contributed by atoms with Crippen molar-refractivity contribution in [1.82, 2.24) is 4.57 Å². The average molecular weight is 238 g/mol. The summed E-state index contributed by atoms with van der Waals surface area (Å²) < 4.78 is 2.07. The van der Waals surface area contributed by atoms with Gasteiger partial charge in [0.1, 0.15) is 0 Å². The summed E-state index contributed by atoms with van der Waals surface area (Å²) in [5.41, 5.74) is 1.06. The summed E-state index contributed by atoms with van der Waals surface area (Å²) >= 11 is 6.20. The van der Waals surface area contributed by atoms with Crippen LogP contribution < -0.4 is 0 Å². The molecule has 0 saturated heterocycles. The number of aryl methyl sites for hydroxylation is 1. The third kappa shape index (κ3) is 1.72. The van der Waals surface area contributed by atoms with Crippen molar-refractivity contribution in [3.8, 4) is 0 Å². The molecule has 0 unspecified atom stereocenters. The first kappa shape index (κ1) is 11.5. The molecule has 0 saturated carbocycles. The van der Waals surface area contributed by atoms with Gasteiger partial charge in [-0.2, -0.15) is 0 Å². The number of rotatable bonds is 2. The fraction of sp³-hybridized carbons (Fsp3) is 0.385. The van der Waals surface area contributed by atoms with Crippen LogP contribution in [-0.4, -0.2) is 9.67 Å². The van der Waals surface area contributed by atoms with E-state index in [2.05, 4.69) is 11.5 Å². The summed E-state index contributed by atoms with van der Waals surface area (Å²) in [6, 6.07) is 7.83. The molecule has 0 aliphatic heterocycles. The predicted molar refractivity (Wildman–Crippen MR) is 67.9 cm³/mol. The summed E-state index contributed by atoms with van der Waals surface area (Å²) in [5.74, 6) is 0. The first-order valence-electron chi connectivity index (χ1n) is 5.45. The van der Waals surface area contributed by atoms with Gasteiger partial charge in [-0.15, -0.1) is 0 Å². The molecule has 0 amide bonds. The molecule has 0 spiro atoms. The molecule has 2 nitrogen and oxygen atoms in total. The predicted octanol–water partition coefficient (Wildman–Crippen LogP) is 3.54. The van der Waals surface area contributed by atoms with Crippen molar-refractivity contribution in [1.29, 1.82) is 0 Å². The zero-order valence-electron chi connectivity index (χ0n) is 9.79. The molecule has 1 aromatic heterocycles. The van der Waals surface area contributed by atoms with Crippen LogP contribution in [0, 0.1) is 0 Å². The highest BCUT2D eigenvalue weighted by Crippen LogP contribution is 2.31. The van der Waals surface area contributed by atoms with Gasteiger partial charge in [-0.05, 0) is 32.9 Å². The van der Waals surface area contributed by atoms with Gasteiger partial charge in [0.05, 0.1) is 21.8 Å². The number of nitrogens with zero attached hydrogens (tertiary/aromatic N) is 1. The Morgan fingerprint density at radius 1 is 1.38 bits per heavy atom. The Morgan fingerprint density at radius 3 is 2.62 bits per heavy atom. The lowest BCUT2D eigenvalue weighted by atomic mass is 10.1. The molecule has 0 aliphatic rings. The van der Waals surface area contributed by atoms with Crippen molar-refractivity contribution >= 4 is 22.5 Å². The van der Waals surface area contributed by atoms with E-state index in [4.69, 9.17) is 11.6 Å². The monoisotopic (exact) mass is 237 g/mol. The number of aromatic nitrogens is 1. The summed E-state index contributed by atoms with van der Waals surface area (Å²) in [7, 11) is 0. The van der Waals surface area contributed by atoms with Crippen molar-refractivity contribution in [3.05, 3.63) is 35.0 Å². The summed E-state index contributed by atoms with van der Waals surface area (Å²) in [5, 5.41) is 11.9. The molecule has 3 heteroatoms. The lowest BCUT2D eigenvalue weighted by molar-refractivity contribution is 0.0704. The second-order valence-electron chi connectivity index (χ2n) is 4.51. The van der Waals surface area contributed by atoms with Gasteiger partial charge in [0.25, 0.3) is 0 Å². The highest BCUT2D eigenvalue weighted by molar-refractivity contribution is 6.35. The topological polar surface area (TPSA) is 25.2 Å². The molecule has 0 aliphatic carbocycles. The van der Waals surface area contributed by atoms with Crippen molar-refractivity contribution < 1.29 is 5.11 Å². The summed E-state index contributed by atoms with van der Waals surface area (Å²) in [4.78, 5) is 0. The molecular formula is C13H16ClNO. The minimum absolute atomic E-state index is 0.731. The van der Waals surface area contributed by atoms with E-state index < -0.39 is 5.60 Å². The number of aliphatic hydroxyl groups is 1. The minimum atomic E-state index is -0.849. The van der Waals surface area contributed by atoms with E-state index in [0.29, 0.717) is 0 Å². The molecule has 86 valence electrons. The maximum absolute atomic E-state index is 10.1. The van der Waals surface area contributed by atoms with Gasteiger partial charge in [-0.3, -0.25) is 0 Å². The molecule has 2 aromatic rings. The standard InChI is InChI=1S/C13H16ClNO/c1-4-15-11(13(2,3)16)8-9-6-5-7-10(14)12(9)15/h5-8,16H,4H2,1-3H3. The maximum atomic E-state index is 10.1. The minimum Gasteiger partial charge on any atom is -0.384 e. The van der Waals surface area contributed by atoms with Crippen LogP contribution in [0.5, 0.6) is 0 Å². The normalized spacial score (nSPS) is 12.3. The molecule has 1 heterocycles. The Bertz CT molecular complexity index is 522. The van der Waals surface area contributed by atoms with Crippen LogP contribution >= 0.6 is 11.6 Å². The molecule has 1 N–H and O–H groups in total. The van der Waals surface area contributed by atoms with Gasteiger partial charge in [-0.25, -0.2) is 0 Å². The fourth-order valence-electron chi connectivity index (χ4n) is 2.11. The number of hydrogen-bond acceptors (Lipinski definition) is 1. The molecule has 16 heavy (non-hydrogen) atoms. The van der Waals surface area contributed by atoms with Crippen molar-refractivity contribution in [2.24, 2.45) is 0 Å². The quantitative estimate of drug-likeness (QED) is 0.849. The number of halogens is 1. The van der Waals surface area contributed by atoms with Crippen LogP contribution in [0.15, 0.2) is 24.3 Å². The Labute approximate surface area is 100 Å². The van der Waals surface area contributed by atoms with Crippen LogP contribution in [0.4, 0.5) is 0 Å². The second-order valence-corrected chi connectivity index (χ2v) is 4.92. The van der Waals surface area contributed by atoms with E-state index in [0.717, 1.165) is 28.2 Å². The highest BCUT2D eigenvalue weighted by atomic mass is 35.5. The van der Waals surface area contributed by atoms with Crippen LogP contribution in [0.25, 0.3) is 10.9 Å². The third-order valence-corrected chi connectivity index (χ3v) is 3.12. The van der Waals surface area contributed by atoms with E-state index in [1.807, 2.05) is 24.3 Å². The lowest BCUT2D eigenvalue weighted by Crippen LogP contribution is -2.20. The van der Waals surface area contributed by atoms with Crippen LogP contribution in [0.1, 0.15) is 26.5 Å². The van der Waals surface area contributed by atoms with Crippen LogP contribution in [0.3, 0.4) is 0 Å². The smallest absolute Gasteiger partial charge is 0.0989 e. The van der Waals surface area contributed by atoms with Gasteiger partial charge in [0.15, 0.2) is 0 Å². The summed E-state index contributed by atoms with van der Waals surface area (Å²) in [6.45, 7) is 6.44. The SMILES string of the molecule is CCn1c(C(C)(C)O)cc2cccc(Cl)c21. The molecule has 0 fully saturated rings. The van der Waals surface area contributed by atoms with Crippen LogP contribution in [0.2, 0.25) is 5.02 Å². The Morgan fingerprint density at radius 2 is 2.06 bits per heavy atom. The third-order valence-electron chi connectivity index (χ3n) is 2.81. The first-order valence-corrected chi connectivity index (χ1v) is 5.83. The molecule has 0 radical (unpaired) electrons. The Hall–Kier alpha value is -0.990. The largest absolute Gasteiger partial charge is 0.384 e. The first-order chi connectivity index (χ1) is 7.45. The fourth-order valence-corrected chi connectivity index (χ4v) is 2.40. The van der Waals surface area contributed by atoms with E-state index in [-0.39, 0.29) is 0 Å². The highest BCUT2D eigenvalue weighted by Gasteiger charge is 2.22.